The van der Waals surface area contributed by atoms with Crippen LogP contribution in [0.4, 0.5) is 5.69 Å². The van der Waals surface area contributed by atoms with Gasteiger partial charge in [0.1, 0.15) is 12.6 Å². The van der Waals surface area contributed by atoms with Crippen LogP contribution < -0.4 is 9.62 Å². The number of hydrogen-bond donors (Lipinski definition) is 1. The Morgan fingerprint density at radius 1 is 0.951 bits per heavy atom. The minimum absolute atomic E-state index is 0.0651. The molecule has 1 N–H and O–H groups in total. The van der Waals surface area contributed by atoms with Crippen LogP contribution in [0.1, 0.15) is 55.7 Å². The van der Waals surface area contributed by atoms with E-state index in [9.17, 15) is 18.0 Å². The SMILES string of the molecule is Cc1ccc(CN(C(=O)CN(c2ccc(Cl)cc2C)S(=O)(=O)c2ccccc2)C(C)C(=O)NC2CCCCC2)cc1. The lowest BCUT2D eigenvalue weighted by molar-refractivity contribution is -0.139. The third-order valence-corrected chi connectivity index (χ3v) is 9.64. The summed E-state index contributed by atoms with van der Waals surface area (Å²) in [5, 5.41) is 3.59. The van der Waals surface area contributed by atoms with E-state index in [4.69, 9.17) is 11.6 Å². The van der Waals surface area contributed by atoms with Crippen molar-refractivity contribution >= 4 is 39.1 Å². The van der Waals surface area contributed by atoms with Gasteiger partial charge in [-0.15, -0.1) is 0 Å². The normalized spacial score (nSPS) is 14.7. The van der Waals surface area contributed by atoms with E-state index >= 15 is 0 Å². The van der Waals surface area contributed by atoms with Crippen molar-refractivity contribution in [2.24, 2.45) is 0 Å². The number of benzene rings is 3. The van der Waals surface area contributed by atoms with Gasteiger partial charge in [0.15, 0.2) is 0 Å². The molecule has 3 aromatic rings. The molecule has 0 aliphatic heterocycles. The predicted octanol–water partition coefficient (Wildman–Crippen LogP) is 6.02. The summed E-state index contributed by atoms with van der Waals surface area (Å²) in [4.78, 5) is 29.1. The Balaban J connectivity index is 1.69. The Morgan fingerprint density at radius 2 is 1.61 bits per heavy atom. The summed E-state index contributed by atoms with van der Waals surface area (Å²) in [5.41, 5.74) is 2.88. The maximum absolute atomic E-state index is 14.1. The van der Waals surface area contributed by atoms with E-state index < -0.39 is 28.5 Å². The average molecular weight is 596 g/mol. The molecule has 7 nitrogen and oxygen atoms in total. The third-order valence-electron chi connectivity index (χ3n) is 7.63. The second kappa shape index (κ2) is 13.5. The molecule has 0 radical (unpaired) electrons. The van der Waals surface area contributed by atoms with Crippen LogP contribution in [-0.2, 0) is 26.2 Å². The van der Waals surface area contributed by atoms with Crippen LogP contribution in [0.3, 0.4) is 0 Å². The molecule has 2 amide bonds. The van der Waals surface area contributed by atoms with E-state index in [0.717, 1.165) is 47.5 Å². The van der Waals surface area contributed by atoms with E-state index in [0.29, 0.717) is 16.3 Å². The molecule has 9 heteroatoms. The first-order valence-corrected chi connectivity index (χ1v) is 15.9. The van der Waals surface area contributed by atoms with E-state index in [2.05, 4.69) is 5.32 Å². The largest absolute Gasteiger partial charge is 0.352 e. The van der Waals surface area contributed by atoms with E-state index in [1.54, 1.807) is 50.2 Å². The standard InChI is InChI=1S/C32H38ClN3O4S/c1-23-14-16-26(17-15-23)21-35(25(3)32(38)34-28-10-6-4-7-11-28)31(37)22-36(30-19-18-27(33)20-24(30)2)41(39,40)29-12-8-5-9-13-29/h5,8-9,12-20,25,28H,4,6-7,10-11,21-22H2,1-3H3,(H,34,38). The van der Waals surface area contributed by atoms with Crippen LogP contribution in [0.15, 0.2) is 77.7 Å². The molecule has 1 aliphatic rings. The molecule has 0 spiro atoms. The van der Waals surface area contributed by atoms with Crippen molar-refractivity contribution in [3.05, 3.63) is 94.5 Å². The molecular weight excluding hydrogens is 558 g/mol. The Hall–Kier alpha value is -3.36. The maximum Gasteiger partial charge on any atom is 0.264 e. The number of aryl methyl sites for hydroxylation is 2. The maximum atomic E-state index is 14.1. The number of rotatable bonds is 10. The summed E-state index contributed by atoms with van der Waals surface area (Å²) >= 11 is 6.18. The molecule has 3 aromatic carbocycles. The number of sulfonamides is 1. The topological polar surface area (TPSA) is 86.8 Å². The van der Waals surface area contributed by atoms with Crippen molar-refractivity contribution in [3.63, 3.8) is 0 Å². The first-order chi connectivity index (χ1) is 19.6. The first kappa shape index (κ1) is 30.6. The third kappa shape index (κ3) is 7.68. The van der Waals surface area contributed by atoms with Crippen LogP contribution in [0, 0.1) is 13.8 Å². The molecule has 1 unspecified atom stereocenters. The quantitative estimate of drug-likeness (QED) is 0.311. The van der Waals surface area contributed by atoms with Crippen molar-refractivity contribution in [2.45, 2.75) is 76.4 Å². The van der Waals surface area contributed by atoms with Crippen molar-refractivity contribution in [1.29, 1.82) is 0 Å². The van der Waals surface area contributed by atoms with E-state index in [-0.39, 0.29) is 23.4 Å². The Labute approximate surface area is 248 Å². The Bertz CT molecular complexity index is 1460. The van der Waals surface area contributed by atoms with E-state index in [1.807, 2.05) is 31.2 Å². The highest BCUT2D eigenvalue weighted by atomic mass is 35.5. The summed E-state index contributed by atoms with van der Waals surface area (Å²) in [7, 11) is -4.12. The molecule has 1 atom stereocenters. The molecule has 4 rings (SSSR count). The molecular formula is C32H38ClN3O4S. The smallest absolute Gasteiger partial charge is 0.264 e. The fraction of sp³-hybridized carbons (Fsp3) is 0.375. The molecule has 41 heavy (non-hydrogen) atoms. The molecule has 1 fully saturated rings. The minimum Gasteiger partial charge on any atom is -0.352 e. The summed E-state index contributed by atoms with van der Waals surface area (Å²) in [5.74, 6) is -0.719. The van der Waals surface area contributed by atoms with Gasteiger partial charge in [0.05, 0.1) is 10.6 Å². The van der Waals surface area contributed by atoms with Gasteiger partial charge in [-0.3, -0.25) is 13.9 Å². The second-order valence-corrected chi connectivity index (χ2v) is 13.1. The van der Waals surface area contributed by atoms with Gasteiger partial charge in [0, 0.05) is 17.6 Å². The summed E-state index contributed by atoms with van der Waals surface area (Å²) in [6.45, 7) is 5.12. The minimum atomic E-state index is -4.12. The molecule has 1 aliphatic carbocycles. The van der Waals surface area contributed by atoms with Gasteiger partial charge in [-0.2, -0.15) is 0 Å². The van der Waals surface area contributed by atoms with Crippen LogP contribution in [0.25, 0.3) is 0 Å². The lowest BCUT2D eigenvalue weighted by Crippen LogP contribution is -2.53. The number of carbonyl (C=O) groups is 2. The highest BCUT2D eigenvalue weighted by Gasteiger charge is 2.33. The van der Waals surface area contributed by atoms with Gasteiger partial charge in [-0.05, 0) is 75.1 Å². The lowest BCUT2D eigenvalue weighted by atomic mass is 9.95. The zero-order valence-electron chi connectivity index (χ0n) is 23.8. The molecule has 218 valence electrons. The van der Waals surface area contributed by atoms with Crippen LogP contribution in [0.2, 0.25) is 5.02 Å². The molecule has 0 heterocycles. The summed E-state index contributed by atoms with van der Waals surface area (Å²) < 4.78 is 29.0. The van der Waals surface area contributed by atoms with Crippen LogP contribution in [0.5, 0.6) is 0 Å². The van der Waals surface area contributed by atoms with Gasteiger partial charge >= 0.3 is 0 Å². The highest BCUT2D eigenvalue weighted by Crippen LogP contribution is 2.29. The Kier molecular flexibility index (Phi) is 10.1. The number of carbonyl (C=O) groups excluding carboxylic acids is 2. The van der Waals surface area contributed by atoms with Crippen molar-refractivity contribution in [1.82, 2.24) is 10.2 Å². The van der Waals surface area contributed by atoms with Gasteiger partial charge in [-0.25, -0.2) is 8.42 Å². The molecule has 0 bridgehead atoms. The van der Waals surface area contributed by atoms with E-state index in [1.165, 1.54) is 17.0 Å². The van der Waals surface area contributed by atoms with Gasteiger partial charge < -0.3 is 10.2 Å². The molecule has 1 saturated carbocycles. The van der Waals surface area contributed by atoms with Crippen LogP contribution >= 0.6 is 11.6 Å². The van der Waals surface area contributed by atoms with Gasteiger partial charge in [0.25, 0.3) is 10.0 Å². The fourth-order valence-electron chi connectivity index (χ4n) is 5.17. The van der Waals surface area contributed by atoms with Crippen molar-refractivity contribution in [2.75, 3.05) is 10.8 Å². The monoisotopic (exact) mass is 595 g/mol. The number of anilines is 1. The van der Waals surface area contributed by atoms with Crippen LogP contribution in [-0.4, -0.2) is 43.8 Å². The lowest BCUT2D eigenvalue weighted by Gasteiger charge is -2.33. The second-order valence-electron chi connectivity index (χ2n) is 10.8. The summed E-state index contributed by atoms with van der Waals surface area (Å²) in [6, 6.07) is 19.9. The average Bonchev–Trinajstić information content (AvgIpc) is 2.96. The zero-order valence-corrected chi connectivity index (χ0v) is 25.4. The van der Waals surface area contributed by atoms with Gasteiger partial charge in [0.2, 0.25) is 11.8 Å². The predicted molar refractivity (Wildman–Crippen MR) is 163 cm³/mol. The van der Waals surface area contributed by atoms with Gasteiger partial charge in [-0.1, -0.05) is 78.9 Å². The summed E-state index contributed by atoms with van der Waals surface area (Å²) in [6.07, 6.45) is 5.14. The first-order valence-electron chi connectivity index (χ1n) is 14.1. The number of nitrogens with one attached hydrogen (secondary N) is 1. The molecule has 0 saturated heterocycles. The molecule has 0 aromatic heterocycles. The fourth-order valence-corrected chi connectivity index (χ4v) is 6.90. The highest BCUT2D eigenvalue weighted by molar-refractivity contribution is 7.92. The number of hydrogen-bond acceptors (Lipinski definition) is 4. The zero-order chi connectivity index (χ0) is 29.6. The number of halogens is 1. The van der Waals surface area contributed by atoms with Crippen molar-refractivity contribution in [3.8, 4) is 0 Å². The number of amides is 2. The Morgan fingerprint density at radius 3 is 2.24 bits per heavy atom. The van der Waals surface area contributed by atoms with Crippen molar-refractivity contribution < 1.29 is 18.0 Å². The number of nitrogens with zero attached hydrogens (tertiary/aromatic N) is 2.